The minimum Gasteiger partial charge on any atom is -0.463 e. The van der Waals surface area contributed by atoms with Gasteiger partial charge in [0, 0.05) is 13.1 Å². The molecule has 0 spiro atoms. The van der Waals surface area contributed by atoms with Crippen molar-refractivity contribution >= 4 is 5.97 Å². The quantitative estimate of drug-likeness (QED) is 0.795. The van der Waals surface area contributed by atoms with E-state index in [1.54, 1.807) is 12.1 Å². The number of methoxy groups -OCH3 is 1. The molecule has 0 aromatic carbocycles. The number of likely N-dealkylation sites (tertiary alicyclic amines) is 1. The van der Waals surface area contributed by atoms with Gasteiger partial charge in [-0.15, -0.1) is 0 Å². The van der Waals surface area contributed by atoms with Crippen LogP contribution in [0.4, 0.5) is 0 Å². The summed E-state index contributed by atoms with van der Waals surface area (Å²) in [6.07, 6.45) is 0.759. The molecule has 0 radical (unpaired) electrons. The van der Waals surface area contributed by atoms with Crippen molar-refractivity contribution in [3.8, 4) is 0 Å². The fraction of sp³-hybridized carbons (Fsp3) is 0.583. The fourth-order valence-electron chi connectivity index (χ4n) is 2.02. The summed E-state index contributed by atoms with van der Waals surface area (Å²) in [5, 5.41) is 9.85. The van der Waals surface area contributed by atoms with E-state index < -0.39 is 11.6 Å². The number of ether oxygens (including phenoxy) is 1. The summed E-state index contributed by atoms with van der Waals surface area (Å²) >= 11 is 0. The molecule has 1 aromatic rings. The molecule has 5 heteroatoms. The van der Waals surface area contributed by atoms with Crippen LogP contribution in [0, 0.1) is 0 Å². The molecular formula is C12H17NO4. The molecule has 1 saturated heterocycles. The zero-order chi connectivity index (χ0) is 12.5. The molecule has 1 N–H and O–H groups in total. The average molecular weight is 239 g/mol. The third-order valence-electron chi connectivity index (χ3n) is 3.12. The topological polar surface area (TPSA) is 62.9 Å². The Kier molecular flexibility index (Phi) is 3.22. The van der Waals surface area contributed by atoms with Gasteiger partial charge >= 0.3 is 5.97 Å². The van der Waals surface area contributed by atoms with Crippen molar-refractivity contribution in [3.63, 3.8) is 0 Å². The lowest BCUT2D eigenvalue weighted by molar-refractivity contribution is -0.105. The maximum absolute atomic E-state index is 11.2. The van der Waals surface area contributed by atoms with Crippen molar-refractivity contribution in [1.29, 1.82) is 0 Å². The Balaban J connectivity index is 1.89. The molecule has 5 nitrogen and oxygen atoms in total. The highest BCUT2D eigenvalue weighted by atomic mass is 16.5. The number of aliphatic hydroxyl groups is 1. The summed E-state index contributed by atoms with van der Waals surface area (Å²) in [5.74, 6) is 0.460. The van der Waals surface area contributed by atoms with Crippen LogP contribution < -0.4 is 0 Å². The Morgan fingerprint density at radius 1 is 1.59 bits per heavy atom. The van der Waals surface area contributed by atoms with Crippen molar-refractivity contribution in [2.24, 2.45) is 0 Å². The highest BCUT2D eigenvalue weighted by Crippen LogP contribution is 2.26. The highest BCUT2D eigenvalue weighted by molar-refractivity contribution is 5.86. The summed E-state index contributed by atoms with van der Waals surface area (Å²) in [5.41, 5.74) is -0.544. The van der Waals surface area contributed by atoms with Crippen molar-refractivity contribution in [2.45, 2.75) is 25.5 Å². The molecule has 2 heterocycles. The van der Waals surface area contributed by atoms with Crippen LogP contribution in [0.1, 0.15) is 29.7 Å². The zero-order valence-electron chi connectivity index (χ0n) is 10.1. The number of carbonyl (C=O) groups is 1. The molecule has 1 aliphatic rings. The molecule has 0 bridgehead atoms. The van der Waals surface area contributed by atoms with Crippen molar-refractivity contribution in [3.05, 3.63) is 23.7 Å². The van der Waals surface area contributed by atoms with E-state index in [1.807, 2.05) is 6.92 Å². The van der Waals surface area contributed by atoms with Gasteiger partial charge in [-0.3, -0.25) is 4.90 Å². The first kappa shape index (κ1) is 12.1. The van der Waals surface area contributed by atoms with Gasteiger partial charge in [0.05, 0.1) is 19.3 Å². The molecule has 1 aromatic heterocycles. The first-order valence-electron chi connectivity index (χ1n) is 5.68. The van der Waals surface area contributed by atoms with Crippen LogP contribution in [0.3, 0.4) is 0 Å². The van der Waals surface area contributed by atoms with Crippen LogP contribution in [0.25, 0.3) is 0 Å². The second kappa shape index (κ2) is 4.50. The number of carbonyl (C=O) groups excluding carboxylic acids is 1. The lowest BCUT2D eigenvalue weighted by Gasteiger charge is -2.45. The molecule has 2 rings (SSSR count). The zero-order valence-corrected chi connectivity index (χ0v) is 10.1. The van der Waals surface area contributed by atoms with E-state index in [9.17, 15) is 9.90 Å². The van der Waals surface area contributed by atoms with Crippen LogP contribution in [0.2, 0.25) is 0 Å². The molecule has 17 heavy (non-hydrogen) atoms. The number of esters is 1. The minimum absolute atomic E-state index is 0.216. The summed E-state index contributed by atoms with van der Waals surface area (Å²) in [6, 6.07) is 3.36. The van der Waals surface area contributed by atoms with Crippen molar-refractivity contribution in [2.75, 3.05) is 20.2 Å². The minimum atomic E-state index is -0.544. The normalized spacial score (nSPS) is 18.8. The molecule has 1 aliphatic heterocycles. The van der Waals surface area contributed by atoms with Gasteiger partial charge in [0.25, 0.3) is 0 Å². The number of furan rings is 1. The predicted molar refractivity (Wildman–Crippen MR) is 60.6 cm³/mol. The molecule has 0 atom stereocenters. The second-order valence-electron chi connectivity index (χ2n) is 4.48. The molecule has 0 aliphatic carbocycles. The molecule has 94 valence electrons. The van der Waals surface area contributed by atoms with Gasteiger partial charge < -0.3 is 14.3 Å². The Hall–Kier alpha value is -1.33. The van der Waals surface area contributed by atoms with Crippen LogP contribution in [0.5, 0.6) is 0 Å². The number of hydrogen-bond acceptors (Lipinski definition) is 5. The smallest absolute Gasteiger partial charge is 0.373 e. The largest absolute Gasteiger partial charge is 0.463 e. The van der Waals surface area contributed by atoms with Gasteiger partial charge in [0.15, 0.2) is 0 Å². The number of hydrogen-bond donors (Lipinski definition) is 1. The standard InChI is InChI=1S/C12H17NO4/c1-3-12(15)7-13(8-12)6-9-4-5-10(17-9)11(14)16-2/h4-5,15H,3,6-8H2,1-2H3. The number of nitrogens with zero attached hydrogens (tertiary/aromatic N) is 1. The van der Waals surface area contributed by atoms with E-state index >= 15 is 0 Å². The monoisotopic (exact) mass is 239 g/mol. The van der Waals surface area contributed by atoms with Crippen LogP contribution in [0.15, 0.2) is 16.5 Å². The van der Waals surface area contributed by atoms with E-state index in [-0.39, 0.29) is 5.76 Å². The molecule has 0 amide bonds. The first-order valence-corrected chi connectivity index (χ1v) is 5.68. The molecule has 0 unspecified atom stereocenters. The van der Waals surface area contributed by atoms with Crippen LogP contribution >= 0.6 is 0 Å². The van der Waals surface area contributed by atoms with E-state index in [1.165, 1.54) is 7.11 Å². The molecule has 0 saturated carbocycles. The maximum atomic E-state index is 11.2. The maximum Gasteiger partial charge on any atom is 0.373 e. The Labute approximate surface area is 100.0 Å². The fourth-order valence-corrected chi connectivity index (χ4v) is 2.02. The van der Waals surface area contributed by atoms with Crippen molar-refractivity contribution in [1.82, 2.24) is 4.90 Å². The van der Waals surface area contributed by atoms with Crippen LogP contribution in [-0.4, -0.2) is 41.8 Å². The second-order valence-corrected chi connectivity index (χ2v) is 4.48. The van der Waals surface area contributed by atoms with Gasteiger partial charge in [0.2, 0.25) is 5.76 Å². The highest BCUT2D eigenvalue weighted by Gasteiger charge is 2.39. The van der Waals surface area contributed by atoms with E-state index in [4.69, 9.17) is 4.42 Å². The van der Waals surface area contributed by atoms with Gasteiger partial charge in [-0.05, 0) is 18.6 Å². The van der Waals surface area contributed by atoms with Crippen molar-refractivity contribution < 1.29 is 19.1 Å². The predicted octanol–water partition coefficient (Wildman–Crippen LogP) is 1.02. The number of β-amino-alcohol motifs (C(OH)–C–C–N with tert-alkyl or cyclic N) is 1. The van der Waals surface area contributed by atoms with E-state index in [0.717, 1.165) is 6.42 Å². The summed E-state index contributed by atoms with van der Waals surface area (Å²) in [7, 11) is 1.32. The summed E-state index contributed by atoms with van der Waals surface area (Å²) < 4.78 is 9.91. The summed E-state index contributed by atoms with van der Waals surface area (Å²) in [6.45, 7) is 3.88. The van der Waals surface area contributed by atoms with Gasteiger partial charge in [-0.2, -0.15) is 0 Å². The lowest BCUT2D eigenvalue weighted by atomic mass is 9.91. The molecular weight excluding hydrogens is 222 g/mol. The van der Waals surface area contributed by atoms with Gasteiger partial charge in [0.1, 0.15) is 5.76 Å². The number of rotatable bonds is 4. The Bertz CT molecular complexity index is 406. The van der Waals surface area contributed by atoms with E-state index in [2.05, 4.69) is 9.64 Å². The third kappa shape index (κ3) is 2.50. The SMILES string of the molecule is CCC1(O)CN(Cc2ccc(C(=O)OC)o2)C1. The van der Waals surface area contributed by atoms with Gasteiger partial charge in [-0.25, -0.2) is 4.79 Å². The van der Waals surface area contributed by atoms with Gasteiger partial charge in [-0.1, -0.05) is 6.92 Å². The first-order chi connectivity index (χ1) is 8.06. The Morgan fingerprint density at radius 2 is 2.29 bits per heavy atom. The van der Waals surface area contributed by atoms with Crippen LogP contribution in [-0.2, 0) is 11.3 Å². The van der Waals surface area contributed by atoms with E-state index in [0.29, 0.717) is 25.4 Å². The summed E-state index contributed by atoms with van der Waals surface area (Å²) in [4.78, 5) is 13.2. The lowest BCUT2D eigenvalue weighted by Crippen LogP contribution is -2.60. The third-order valence-corrected chi connectivity index (χ3v) is 3.12. The molecule has 1 fully saturated rings. The average Bonchev–Trinajstić information content (AvgIpc) is 2.74. The Morgan fingerprint density at radius 3 is 2.88 bits per heavy atom.